The second-order valence-corrected chi connectivity index (χ2v) is 6.04. The Hall–Kier alpha value is -2.15. The third kappa shape index (κ3) is 2.52. The maximum atomic E-state index is 12.6. The highest BCUT2D eigenvalue weighted by Crippen LogP contribution is 2.35. The molecule has 118 valence electrons. The largest absolute Gasteiger partial charge is 0.490 e. The van der Waals surface area contributed by atoms with E-state index in [1.54, 1.807) is 0 Å². The van der Waals surface area contributed by atoms with Gasteiger partial charge in [0, 0.05) is 43.9 Å². The monoisotopic (exact) mass is 305 g/mol. The quantitative estimate of drug-likeness (QED) is 0.674. The van der Waals surface area contributed by atoms with Crippen molar-refractivity contribution in [1.82, 2.24) is 10.2 Å². The maximum absolute atomic E-state index is 12.6. The highest BCUT2D eigenvalue weighted by atomic mass is 16.6. The predicted molar refractivity (Wildman–Crippen MR) is 80.1 cm³/mol. The van der Waals surface area contributed by atoms with Gasteiger partial charge < -0.3 is 15.0 Å². The van der Waals surface area contributed by atoms with Crippen molar-refractivity contribution in [2.45, 2.75) is 12.8 Å². The molecule has 1 aromatic rings. The molecule has 0 bridgehead atoms. The van der Waals surface area contributed by atoms with Gasteiger partial charge in [-0.05, 0) is 24.3 Å². The number of ether oxygens (including phenoxy) is 1. The molecule has 1 N–H and O–H groups in total. The molecule has 2 saturated heterocycles. The number of nitro benzene ring substituents is 1. The number of hydrogen-bond acceptors (Lipinski definition) is 5. The van der Waals surface area contributed by atoms with E-state index in [1.807, 2.05) is 4.90 Å². The summed E-state index contributed by atoms with van der Waals surface area (Å²) in [6.45, 7) is 3.56. The smallest absolute Gasteiger partial charge is 0.310 e. The zero-order valence-corrected chi connectivity index (χ0v) is 12.5. The van der Waals surface area contributed by atoms with Crippen LogP contribution in [0.1, 0.15) is 23.2 Å². The van der Waals surface area contributed by atoms with E-state index in [-0.39, 0.29) is 17.3 Å². The first kappa shape index (κ1) is 14.8. The molecule has 2 aliphatic heterocycles. The number of likely N-dealkylation sites (tertiary alicyclic amines) is 1. The first-order chi connectivity index (χ1) is 10.5. The molecule has 22 heavy (non-hydrogen) atoms. The number of nitro groups is 1. The summed E-state index contributed by atoms with van der Waals surface area (Å²) in [5.41, 5.74) is 0.687. The molecular formula is C15H19N3O4. The van der Waals surface area contributed by atoms with Crippen LogP contribution in [0.3, 0.4) is 0 Å². The van der Waals surface area contributed by atoms with Gasteiger partial charge >= 0.3 is 5.69 Å². The molecule has 2 fully saturated rings. The van der Waals surface area contributed by atoms with Crippen LogP contribution in [0.4, 0.5) is 5.69 Å². The topological polar surface area (TPSA) is 84.7 Å². The fourth-order valence-electron chi connectivity index (χ4n) is 3.16. The highest BCUT2D eigenvalue weighted by Gasteiger charge is 2.40. The number of nitrogens with one attached hydrogen (secondary N) is 1. The fourth-order valence-corrected chi connectivity index (χ4v) is 3.16. The summed E-state index contributed by atoms with van der Waals surface area (Å²) in [5.74, 6) is 0.0304. The normalized spacial score (nSPS) is 19.6. The number of methoxy groups -OCH3 is 1. The van der Waals surface area contributed by atoms with Crippen LogP contribution in [-0.2, 0) is 0 Å². The SMILES string of the molecule is COc1cc(C(=O)N2CCC3(CC2)CNC3)ccc1[N+](=O)[O-]. The minimum Gasteiger partial charge on any atom is -0.490 e. The van der Waals surface area contributed by atoms with Gasteiger partial charge in [-0.15, -0.1) is 0 Å². The van der Waals surface area contributed by atoms with E-state index in [0.29, 0.717) is 11.0 Å². The van der Waals surface area contributed by atoms with Crippen molar-refractivity contribution in [3.05, 3.63) is 33.9 Å². The standard InChI is InChI=1S/C15H19N3O4/c1-22-13-8-11(2-3-12(13)18(20)21)14(19)17-6-4-15(5-7-17)9-16-10-15/h2-3,8,16H,4-7,9-10H2,1H3. The summed E-state index contributed by atoms with van der Waals surface area (Å²) >= 11 is 0. The number of rotatable bonds is 3. The van der Waals surface area contributed by atoms with Crippen LogP contribution in [-0.4, -0.2) is 49.0 Å². The van der Waals surface area contributed by atoms with Gasteiger partial charge in [0.05, 0.1) is 12.0 Å². The molecule has 0 aromatic heterocycles. The van der Waals surface area contributed by atoms with Gasteiger partial charge in [0.1, 0.15) is 0 Å². The Bertz CT molecular complexity index is 603. The Balaban J connectivity index is 1.73. The van der Waals surface area contributed by atoms with Gasteiger partial charge in [-0.25, -0.2) is 0 Å². The number of carbonyl (C=O) groups is 1. The van der Waals surface area contributed by atoms with Crippen LogP contribution in [0.15, 0.2) is 18.2 Å². The van der Waals surface area contributed by atoms with Gasteiger partial charge in [0.2, 0.25) is 0 Å². The summed E-state index contributed by atoms with van der Waals surface area (Å²) < 4.78 is 5.02. The Morgan fingerprint density at radius 3 is 2.55 bits per heavy atom. The van der Waals surface area contributed by atoms with E-state index in [0.717, 1.165) is 39.0 Å². The third-order valence-electron chi connectivity index (χ3n) is 4.73. The lowest BCUT2D eigenvalue weighted by Crippen LogP contribution is -2.58. The molecule has 2 aliphatic rings. The first-order valence-electron chi connectivity index (χ1n) is 7.37. The second kappa shape index (κ2) is 5.57. The Labute approximate surface area is 128 Å². The van der Waals surface area contributed by atoms with Crippen molar-refractivity contribution in [3.63, 3.8) is 0 Å². The zero-order chi connectivity index (χ0) is 15.7. The third-order valence-corrected chi connectivity index (χ3v) is 4.73. The Morgan fingerprint density at radius 2 is 2.05 bits per heavy atom. The van der Waals surface area contributed by atoms with Gasteiger partial charge in [0.25, 0.3) is 5.91 Å². The average molecular weight is 305 g/mol. The summed E-state index contributed by atoms with van der Waals surface area (Å²) in [6.07, 6.45) is 2.02. The van der Waals surface area contributed by atoms with Crippen LogP contribution in [0, 0.1) is 15.5 Å². The molecule has 0 radical (unpaired) electrons. The molecule has 1 aromatic carbocycles. The van der Waals surface area contributed by atoms with E-state index in [9.17, 15) is 14.9 Å². The van der Waals surface area contributed by atoms with Crippen LogP contribution in [0.25, 0.3) is 0 Å². The second-order valence-electron chi connectivity index (χ2n) is 6.04. The van der Waals surface area contributed by atoms with Crippen LogP contribution < -0.4 is 10.1 Å². The van der Waals surface area contributed by atoms with E-state index < -0.39 is 4.92 Å². The first-order valence-corrected chi connectivity index (χ1v) is 7.37. The molecule has 0 atom stereocenters. The van der Waals surface area contributed by atoms with Crippen molar-refractivity contribution in [1.29, 1.82) is 0 Å². The van der Waals surface area contributed by atoms with Crippen molar-refractivity contribution in [2.24, 2.45) is 5.41 Å². The fraction of sp³-hybridized carbons (Fsp3) is 0.533. The summed E-state index contributed by atoms with van der Waals surface area (Å²) in [5, 5.41) is 14.2. The number of nitrogens with zero attached hydrogens (tertiary/aromatic N) is 2. The number of amides is 1. The van der Waals surface area contributed by atoms with E-state index in [4.69, 9.17) is 4.74 Å². The molecule has 0 saturated carbocycles. The molecule has 0 aliphatic carbocycles. The minimum absolute atomic E-state index is 0.0877. The molecule has 0 unspecified atom stereocenters. The van der Waals surface area contributed by atoms with Crippen LogP contribution in [0.2, 0.25) is 0 Å². The van der Waals surface area contributed by atoms with E-state index >= 15 is 0 Å². The Kier molecular flexibility index (Phi) is 3.74. The minimum atomic E-state index is -0.513. The lowest BCUT2D eigenvalue weighted by molar-refractivity contribution is -0.385. The van der Waals surface area contributed by atoms with Crippen molar-refractivity contribution in [3.8, 4) is 5.75 Å². The molecule has 7 nitrogen and oxygen atoms in total. The molecular weight excluding hydrogens is 286 g/mol. The highest BCUT2D eigenvalue weighted by molar-refractivity contribution is 5.95. The molecule has 7 heteroatoms. The predicted octanol–water partition coefficient (Wildman–Crippen LogP) is 1.43. The lowest BCUT2D eigenvalue weighted by Gasteiger charge is -2.48. The van der Waals surface area contributed by atoms with Crippen LogP contribution in [0.5, 0.6) is 5.75 Å². The Morgan fingerprint density at radius 1 is 1.36 bits per heavy atom. The van der Waals surface area contributed by atoms with Gasteiger partial charge in [-0.3, -0.25) is 14.9 Å². The van der Waals surface area contributed by atoms with Crippen molar-refractivity contribution < 1.29 is 14.5 Å². The molecule has 1 amide bonds. The summed E-state index contributed by atoms with van der Waals surface area (Å²) in [4.78, 5) is 24.8. The van der Waals surface area contributed by atoms with Crippen molar-refractivity contribution in [2.75, 3.05) is 33.3 Å². The van der Waals surface area contributed by atoms with E-state index in [2.05, 4.69) is 5.32 Å². The van der Waals surface area contributed by atoms with Gasteiger partial charge in [-0.2, -0.15) is 0 Å². The van der Waals surface area contributed by atoms with Crippen molar-refractivity contribution >= 4 is 11.6 Å². The van der Waals surface area contributed by atoms with E-state index in [1.165, 1.54) is 25.3 Å². The number of hydrogen-bond donors (Lipinski definition) is 1. The maximum Gasteiger partial charge on any atom is 0.310 e. The summed E-state index contributed by atoms with van der Waals surface area (Å²) in [7, 11) is 1.37. The molecule has 1 spiro atoms. The number of piperidine rings is 1. The van der Waals surface area contributed by atoms with Gasteiger partial charge in [0.15, 0.2) is 5.75 Å². The lowest BCUT2D eigenvalue weighted by atomic mass is 9.73. The average Bonchev–Trinajstić information content (AvgIpc) is 2.52. The molecule has 2 heterocycles. The van der Waals surface area contributed by atoms with Gasteiger partial charge in [-0.1, -0.05) is 0 Å². The number of benzene rings is 1. The molecule has 3 rings (SSSR count). The summed E-state index contributed by atoms with van der Waals surface area (Å²) in [6, 6.07) is 4.28. The zero-order valence-electron chi connectivity index (χ0n) is 12.5. The number of carbonyl (C=O) groups excluding carboxylic acids is 1. The van der Waals surface area contributed by atoms with Crippen LogP contribution >= 0.6 is 0 Å².